The van der Waals surface area contributed by atoms with Gasteiger partial charge in [0, 0.05) is 25.4 Å². The molecule has 2 heterocycles. The maximum atomic E-state index is 12.1. The van der Waals surface area contributed by atoms with Crippen LogP contribution in [0.5, 0.6) is 0 Å². The number of imidazole rings is 1. The lowest BCUT2D eigenvalue weighted by molar-refractivity contribution is -0.159. The van der Waals surface area contributed by atoms with Gasteiger partial charge in [-0.25, -0.2) is 4.98 Å². The number of hydrogen-bond donors (Lipinski definition) is 1. The van der Waals surface area contributed by atoms with Crippen molar-refractivity contribution in [3.05, 3.63) is 36.3 Å². The number of ether oxygens (including phenoxy) is 1. The fourth-order valence-electron chi connectivity index (χ4n) is 1.99. The molecule has 5 heteroatoms. The summed E-state index contributed by atoms with van der Waals surface area (Å²) in [6.45, 7) is 5.80. The second-order valence-electron chi connectivity index (χ2n) is 5.87. The summed E-state index contributed by atoms with van der Waals surface area (Å²) >= 11 is 0. The molecule has 1 atom stereocenters. The maximum Gasteiger partial charge on any atom is 0.311 e. The van der Waals surface area contributed by atoms with Gasteiger partial charge in [0.1, 0.15) is 11.2 Å². The first-order valence-corrected chi connectivity index (χ1v) is 6.74. The monoisotopic (exact) mass is 275 g/mol. The minimum atomic E-state index is -0.497. The van der Waals surface area contributed by atoms with Gasteiger partial charge in [0.15, 0.2) is 0 Å². The fraction of sp³-hybridized carbons (Fsp3) is 0.467. The first kappa shape index (κ1) is 14.5. The number of hydrogen-bond acceptors (Lipinski definition) is 4. The van der Waals surface area contributed by atoms with Crippen molar-refractivity contribution in [1.29, 1.82) is 0 Å². The molecule has 0 saturated heterocycles. The highest BCUT2D eigenvalue weighted by atomic mass is 16.6. The van der Waals surface area contributed by atoms with E-state index in [0.717, 1.165) is 11.3 Å². The Hall–Kier alpha value is -1.88. The summed E-state index contributed by atoms with van der Waals surface area (Å²) in [6.07, 6.45) is 4.34. The molecule has 1 unspecified atom stereocenters. The molecule has 0 saturated carbocycles. The Balaban J connectivity index is 2.11. The van der Waals surface area contributed by atoms with Crippen LogP contribution in [-0.4, -0.2) is 27.5 Å². The first-order chi connectivity index (χ1) is 9.39. The lowest BCUT2D eigenvalue weighted by Crippen LogP contribution is -2.33. The summed E-state index contributed by atoms with van der Waals surface area (Å²) in [5.41, 5.74) is 6.91. The zero-order valence-electron chi connectivity index (χ0n) is 12.2. The van der Waals surface area contributed by atoms with E-state index >= 15 is 0 Å². The minimum Gasteiger partial charge on any atom is -0.460 e. The molecule has 0 spiro atoms. The molecular weight excluding hydrogens is 254 g/mol. The van der Waals surface area contributed by atoms with E-state index in [4.69, 9.17) is 10.5 Å². The van der Waals surface area contributed by atoms with Crippen LogP contribution in [0, 0.1) is 5.92 Å². The quantitative estimate of drug-likeness (QED) is 0.864. The van der Waals surface area contributed by atoms with E-state index in [-0.39, 0.29) is 18.4 Å². The number of carbonyl (C=O) groups excluding carboxylic acids is 1. The van der Waals surface area contributed by atoms with Crippen LogP contribution in [0.2, 0.25) is 0 Å². The summed E-state index contributed by atoms with van der Waals surface area (Å²) in [6, 6.07) is 5.79. The largest absolute Gasteiger partial charge is 0.460 e. The van der Waals surface area contributed by atoms with Crippen molar-refractivity contribution in [1.82, 2.24) is 9.38 Å². The molecular formula is C15H21N3O2. The van der Waals surface area contributed by atoms with Gasteiger partial charge in [-0.3, -0.25) is 4.79 Å². The van der Waals surface area contributed by atoms with E-state index in [9.17, 15) is 4.79 Å². The summed E-state index contributed by atoms with van der Waals surface area (Å²) in [4.78, 5) is 16.6. The number of aromatic nitrogens is 2. The summed E-state index contributed by atoms with van der Waals surface area (Å²) < 4.78 is 7.31. The van der Waals surface area contributed by atoms with E-state index in [1.54, 1.807) is 0 Å². The molecule has 0 aromatic carbocycles. The summed E-state index contributed by atoms with van der Waals surface area (Å²) in [5, 5.41) is 0. The van der Waals surface area contributed by atoms with E-state index < -0.39 is 5.60 Å². The topological polar surface area (TPSA) is 69.6 Å². The minimum absolute atomic E-state index is 0.253. The predicted molar refractivity (Wildman–Crippen MR) is 77.3 cm³/mol. The van der Waals surface area contributed by atoms with Gasteiger partial charge in [-0.2, -0.15) is 0 Å². The van der Waals surface area contributed by atoms with Gasteiger partial charge < -0.3 is 14.9 Å². The number of carbonyl (C=O) groups is 1. The average molecular weight is 275 g/mol. The fourth-order valence-corrected chi connectivity index (χ4v) is 1.99. The number of rotatable bonds is 4. The van der Waals surface area contributed by atoms with Crippen LogP contribution >= 0.6 is 0 Å². The smallest absolute Gasteiger partial charge is 0.311 e. The molecule has 0 aliphatic heterocycles. The van der Waals surface area contributed by atoms with Gasteiger partial charge in [0.05, 0.1) is 11.6 Å². The lowest BCUT2D eigenvalue weighted by atomic mass is 10.0. The molecule has 0 bridgehead atoms. The second-order valence-corrected chi connectivity index (χ2v) is 5.87. The highest BCUT2D eigenvalue weighted by molar-refractivity contribution is 5.73. The van der Waals surface area contributed by atoms with E-state index in [1.807, 2.05) is 55.8 Å². The number of pyridine rings is 1. The number of nitrogens with two attached hydrogens (primary N) is 1. The molecule has 2 N–H and O–H groups in total. The SMILES string of the molecule is CC(C)(C)OC(=O)C(CN)Cc1cn2ccccc2n1. The highest BCUT2D eigenvalue weighted by Crippen LogP contribution is 2.15. The number of nitrogens with zero attached hydrogens (tertiary/aromatic N) is 2. The predicted octanol–water partition coefficient (Wildman–Crippen LogP) is 1.79. The van der Waals surface area contributed by atoms with Crippen molar-refractivity contribution in [2.24, 2.45) is 11.7 Å². The second kappa shape index (κ2) is 5.63. The van der Waals surface area contributed by atoms with Crippen molar-refractivity contribution in [2.75, 3.05) is 6.54 Å². The molecule has 0 aliphatic carbocycles. The molecule has 2 aromatic heterocycles. The number of fused-ring (bicyclic) bond motifs is 1. The van der Waals surface area contributed by atoms with Gasteiger partial charge in [-0.1, -0.05) is 6.07 Å². The normalized spacial score (nSPS) is 13.4. The average Bonchev–Trinajstić information content (AvgIpc) is 2.75. The Labute approximate surface area is 118 Å². The molecule has 2 aromatic rings. The lowest BCUT2D eigenvalue weighted by Gasteiger charge is -2.22. The van der Waals surface area contributed by atoms with Crippen LogP contribution in [0.1, 0.15) is 26.5 Å². The molecule has 0 fully saturated rings. The summed E-state index contributed by atoms with van der Waals surface area (Å²) in [5.74, 6) is -0.629. The van der Waals surface area contributed by atoms with E-state index in [2.05, 4.69) is 4.98 Å². The van der Waals surface area contributed by atoms with Crippen molar-refractivity contribution >= 4 is 11.6 Å². The Kier molecular flexibility index (Phi) is 4.09. The summed E-state index contributed by atoms with van der Waals surface area (Å²) in [7, 11) is 0. The Bertz CT molecular complexity index is 565. The Morgan fingerprint density at radius 2 is 2.20 bits per heavy atom. The zero-order valence-corrected chi connectivity index (χ0v) is 12.2. The molecule has 20 heavy (non-hydrogen) atoms. The maximum absolute atomic E-state index is 12.1. The molecule has 0 amide bonds. The van der Waals surface area contributed by atoms with Crippen molar-refractivity contribution < 1.29 is 9.53 Å². The Morgan fingerprint density at radius 1 is 1.45 bits per heavy atom. The van der Waals surface area contributed by atoms with Crippen LogP contribution in [0.3, 0.4) is 0 Å². The molecule has 5 nitrogen and oxygen atoms in total. The standard InChI is InChI=1S/C15H21N3O2/c1-15(2,3)20-14(19)11(9-16)8-12-10-18-7-5-4-6-13(18)17-12/h4-7,10-11H,8-9,16H2,1-3H3. The van der Waals surface area contributed by atoms with Crippen molar-refractivity contribution in [3.63, 3.8) is 0 Å². The van der Waals surface area contributed by atoms with Crippen LogP contribution in [-0.2, 0) is 16.0 Å². The van der Waals surface area contributed by atoms with Gasteiger partial charge in [0.25, 0.3) is 0 Å². The third kappa shape index (κ3) is 3.57. The molecule has 0 radical (unpaired) electrons. The van der Waals surface area contributed by atoms with Gasteiger partial charge >= 0.3 is 5.97 Å². The van der Waals surface area contributed by atoms with Gasteiger partial charge in [-0.05, 0) is 32.9 Å². The van der Waals surface area contributed by atoms with Crippen LogP contribution in [0.25, 0.3) is 5.65 Å². The molecule has 0 aliphatic rings. The Morgan fingerprint density at radius 3 is 2.80 bits per heavy atom. The molecule has 2 rings (SSSR count). The van der Waals surface area contributed by atoms with Gasteiger partial charge in [0.2, 0.25) is 0 Å². The number of esters is 1. The van der Waals surface area contributed by atoms with Crippen LogP contribution in [0.15, 0.2) is 30.6 Å². The van der Waals surface area contributed by atoms with Crippen LogP contribution in [0.4, 0.5) is 0 Å². The van der Waals surface area contributed by atoms with Crippen molar-refractivity contribution in [3.8, 4) is 0 Å². The third-order valence-electron chi connectivity index (χ3n) is 2.89. The van der Waals surface area contributed by atoms with Crippen molar-refractivity contribution in [2.45, 2.75) is 32.8 Å². The van der Waals surface area contributed by atoms with Gasteiger partial charge in [-0.15, -0.1) is 0 Å². The highest BCUT2D eigenvalue weighted by Gasteiger charge is 2.25. The first-order valence-electron chi connectivity index (χ1n) is 6.74. The third-order valence-corrected chi connectivity index (χ3v) is 2.89. The molecule has 108 valence electrons. The van der Waals surface area contributed by atoms with E-state index in [1.165, 1.54) is 0 Å². The van der Waals surface area contributed by atoms with Crippen LogP contribution < -0.4 is 5.73 Å². The van der Waals surface area contributed by atoms with E-state index in [0.29, 0.717) is 6.42 Å². The zero-order chi connectivity index (χ0) is 14.8.